The Morgan fingerprint density at radius 2 is 1.94 bits per heavy atom. The Kier molecular flexibility index (Phi) is 6.07. The van der Waals surface area contributed by atoms with Crippen LogP contribution < -0.4 is 5.32 Å². The van der Waals surface area contributed by atoms with Crippen LogP contribution in [0.5, 0.6) is 0 Å². The second kappa shape index (κ2) is 8.79. The van der Waals surface area contributed by atoms with Gasteiger partial charge in [-0.15, -0.1) is 0 Å². The second-order valence-corrected chi connectivity index (χ2v) is 7.68. The number of halogens is 5. The number of rotatable bonds is 6. The normalized spacial score (nSPS) is 11.8. The molecule has 0 aliphatic rings. The van der Waals surface area contributed by atoms with E-state index in [-0.39, 0.29) is 27.1 Å². The number of aryl methyl sites for hydroxylation is 1. The fraction of sp³-hybridized carbons (Fsp3) is 0.200. The predicted molar refractivity (Wildman–Crippen MR) is 113 cm³/mol. The number of carbonyl (C=O) groups excluding carboxylic acids is 1. The van der Waals surface area contributed by atoms with Crippen molar-refractivity contribution in [3.8, 4) is 11.3 Å². The summed E-state index contributed by atoms with van der Waals surface area (Å²) >= 11 is 11.9. The first-order valence-electron chi connectivity index (χ1n) is 9.40. The molecule has 4 rings (SSSR count). The van der Waals surface area contributed by atoms with Crippen LogP contribution >= 0.6 is 23.2 Å². The van der Waals surface area contributed by atoms with Crippen LogP contribution in [0.1, 0.15) is 22.6 Å². The van der Waals surface area contributed by atoms with Crippen LogP contribution in [0.4, 0.5) is 13.2 Å². The third kappa shape index (κ3) is 4.71. The highest BCUT2D eigenvalue weighted by atomic mass is 35.5. The van der Waals surface area contributed by atoms with E-state index in [9.17, 15) is 18.0 Å². The van der Waals surface area contributed by atoms with Gasteiger partial charge in [0, 0.05) is 37.1 Å². The zero-order valence-corrected chi connectivity index (χ0v) is 17.8. The standard InChI is InChI=1S/C20H15Cl2F3N6O/c21-13-3-2-12(8-14(13)22)15-9-17(20(23,24)25)31-18(28-15)10-16(29-31)19(32)27-4-1-6-30-7-5-26-11-30/h2-3,5,7-11H,1,4,6H2,(H,27,32). The lowest BCUT2D eigenvalue weighted by Gasteiger charge is -2.11. The van der Waals surface area contributed by atoms with Gasteiger partial charge in [-0.2, -0.15) is 18.3 Å². The Hall–Kier alpha value is -3.11. The van der Waals surface area contributed by atoms with Crippen molar-refractivity contribution in [2.45, 2.75) is 19.1 Å². The number of fused-ring (bicyclic) bond motifs is 1. The molecule has 3 heterocycles. The third-order valence-electron chi connectivity index (χ3n) is 4.60. The van der Waals surface area contributed by atoms with Gasteiger partial charge in [-0.1, -0.05) is 29.3 Å². The number of carbonyl (C=O) groups is 1. The van der Waals surface area contributed by atoms with E-state index in [4.69, 9.17) is 23.2 Å². The van der Waals surface area contributed by atoms with Crippen LogP contribution in [0.25, 0.3) is 16.9 Å². The molecule has 0 spiro atoms. The molecular weight excluding hydrogens is 468 g/mol. The molecule has 3 aromatic heterocycles. The van der Waals surface area contributed by atoms with Crippen LogP contribution in [-0.4, -0.2) is 36.6 Å². The molecule has 1 N–H and O–H groups in total. The second-order valence-electron chi connectivity index (χ2n) is 6.86. The maximum Gasteiger partial charge on any atom is 0.433 e. The number of hydrogen-bond donors (Lipinski definition) is 1. The summed E-state index contributed by atoms with van der Waals surface area (Å²) in [5.74, 6) is -0.592. The van der Waals surface area contributed by atoms with Crippen molar-refractivity contribution in [2.75, 3.05) is 6.54 Å². The van der Waals surface area contributed by atoms with E-state index in [1.807, 2.05) is 4.57 Å². The Labute approximate surface area is 189 Å². The van der Waals surface area contributed by atoms with Gasteiger partial charge in [-0.25, -0.2) is 14.5 Å². The van der Waals surface area contributed by atoms with Gasteiger partial charge in [0.15, 0.2) is 17.0 Å². The molecule has 0 unspecified atom stereocenters. The van der Waals surface area contributed by atoms with Gasteiger partial charge in [-0.05, 0) is 24.6 Å². The molecule has 0 bridgehead atoms. The van der Waals surface area contributed by atoms with Crippen molar-refractivity contribution < 1.29 is 18.0 Å². The minimum absolute atomic E-state index is 0.0237. The maximum absolute atomic E-state index is 13.7. The molecule has 0 aliphatic heterocycles. The average molecular weight is 483 g/mol. The van der Waals surface area contributed by atoms with E-state index in [0.29, 0.717) is 29.6 Å². The Balaban J connectivity index is 1.61. The Morgan fingerprint density at radius 1 is 1.12 bits per heavy atom. The van der Waals surface area contributed by atoms with E-state index < -0.39 is 17.8 Å². The van der Waals surface area contributed by atoms with Gasteiger partial charge in [0.1, 0.15) is 0 Å². The van der Waals surface area contributed by atoms with Gasteiger partial charge in [-0.3, -0.25) is 4.79 Å². The summed E-state index contributed by atoms with van der Waals surface area (Å²) in [6, 6.07) is 6.47. The molecule has 1 amide bonds. The number of aromatic nitrogens is 5. The van der Waals surface area contributed by atoms with Crippen molar-refractivity contribution in [3.05, 3.63) is 70.5 Å². The number of hydrogen-bond acceptors (Lipinski definition) is 4. The number of nitrogens with one attached hydrogen (secondary N) is 1. The molecule has 0 fully saturated rings. The number of alkyl halides is 3. The number of benzene rings is 1. The fourth-order valence-corrected chi connectivity index (χ4v) is 3.36. The summed E-state index contributed by atoms with van der Waals surface area (Å²) < 4.78 is 43.6. The maximum atomic E-state index is 13.7. The molecule has 32 heavy (non-hydrogen) atoms. The Bertz CT molecular complexity index is 1270. The molecule has 0 saturated carbocycles. The van der Waals surface area contributed by atoms with Crippen LogP contribution in [0.3, 0.4) is 0 Å². The Morgan fingerprint density at radius 3 is 2.62 bits per heavy atom. The van der Waals surface area contributed by atoms with Crippen molar-refractivity contribution in [2.24, 2.45) is 0 Å². The lowest BCUT2D eigenvalue weighted by Crippen LogP contribution is -2.25. The first-order chi connectivity index (χ1) is 15.2. The lowest BCUT2D eigenvalue weighted by molar-refractivity contribution is -0.142. The van der Waals surface area contributed by atoms with Gasteiger partial charge in [0.25, 0.3) is 5.91 Å². The van der Waals surface area contributed by atoms with E-state index >= 15 is 0 Å². The van der Waals surface area contributed by atoms with Crippen LogP contribution in [0.2, 0.25) is 10.0 Å². The van der Waals surface area contributed by atoms with Crippen LogP contribution in [0.15, 0.2) is 49.1 Å². The SMILES string of the molecule is O=C(NCCCn1ccnc1)c1cc2nc(-c3ccc(Cl)c(Cl)c3)cc(C(F)(F)F)n2n1. The summed E-state index contributed by atoms with van der Waals surface area (Å²) in [6.45, 7) is 0.956. The molecule has 7 nitrogen and oxygen atoms in total. The van der Waals surface area contributed by atoms with Crippen LogP contribution in [-0.2, 0) is 12.7 Å². The number of nitrogens with zero attached hydrogens (tertiary/aromatic N) is 5. The monoisotopic (exact) mass is 482 g/mol. The summed E-state index contributed by atoms with van der Waals surface area (Å²) in [7, 11) is 0. The minimum Gasteiger partial charge on any atom is -0.351 e. The topological polar surface area (TPSA) is 77.1 Å². The molecular formula is C20H15Cl2F3N6O. The first-order valence-corrected chi connectivity index (χ1v) is 10.2. The van der Waals surface area contributed by atoms with E-state index in [1.165, 1.54) is 24.3 Å². The lowest BCUT2D eigenvalue weighted by atomic mass is 10.1. The average Bonchev–Trinajstić information content (AvgIpc) is 3.41. The van der Waals surface area contributed by atoms with Crippen molar-refractivity contribution in [1.29, 1.82) is 0 Å². The molecule has 0 atom stereocenters. The van der Waals surface area contributed by atoms with Gasteiger partial charge >= 0.3 is 6.18 Å². The van der Waals surface area contributed by atoms with Gasteiger partial charge < -0.3 is 9.88 Å². The molecule has 0 radical (unpaired) electrons. The first kappa shape index (κ1) is 22.1. The van der Waals surface area contributed by atoms with E-state index in [1.54, 1.807) is 18.7 Å². The van der Waals surface area contributed by atoms with E-state index in [0.717, 1.165) is 6.07 Å². The van der Waals surface area contributed by atoms with Gasteiger partial charge in [0.05, 0.1) is 22.1 Å². The highest BCUT2D eigenvalue weighted by Crippen LogP contribution is 2.34. The number of amides is 1. The summed E-state index contributed by atoms with van der Waals surface area (Å²) in [6.07, 6.45) is 0.978. The van der Waals surface area contributed by atoms with E-state index in [2.05, 4.69) is 20.4 Å². The summed E-state index contributed by atoms with van der Waals surface area (Å²) in [4.78, 5) is 20.6. The van der Waals surface area contributed by atoms with Crippen LogP contribution in [0, 0.1) is 0 Å². The smallest absolute Gasteiger partial charge is 0.351 e. The minimum atomic E-state index is -4.73. The highest BCUT2D eigenvalue weighted by molar-refractivity contribution is 6.42. The molecule has 4 aromatic rings. The van der Waals surface area contributed by atoms with Crippen molar-refractivity contribution in [1.82, 2.24) is 29.5 Å². The number of imidazole rings is 1. The zero-order valence-electron chi connectivity index (χ0n) is 16.3. The quantitative estimate of drug-likeness (QED) is 0.402. The van der Waals surface area contributed by atoms with Crippen molar-refractivity contribution in [3.63, 3.8) is 0 Å². The molecule has 1 aromatic carbocycles. The van der Waals surface area contributed by atoms with Crippen molar-refractivity contribution >= 4 is 34.8 Å². The zero-order chi connectivity index (χ0) is 22.9. The fourth-order valence-electron chi connectivity index (χ4n) is 3.06. The molecule has 12 heteroatoms. The summed E-state index contributed by atoms with van der Waals surface area (Å²) in [5, 5.41) is 6.94. The largest absolute Gasteiger partial charge is 0.433 e. The molecule has 166 valence electrons. The molecule has 0 saturated heterocycles. The predicted octanol–water partition coefficient (Wildman–Crippen LogP) is 4.74. The highest BCUT2D eigenvalue weighted by Gasteiger charge is 2.35. The van der Waals surface area contributed by atoms with Gasteiger partial charge in [0.2, 0.25) is 0 Å². The molecule has 0 aliphatic carbocycles. The summed E-state index contributed by atoms with van der Waals surface area (Å²) in [5.41, 5.74) is -0.987. The third-order valence-corrected chi connectivity index (χ3v) is 5.34.